The molecule has 1 aromatic rings. The predicted octanol–water partition coefficient (Wildman–Crippen LogP) is 2.76. The molecule has 2 atom stereocenters. The normalized spacial score (nSPS) is 14.6. The molecule has 0 bridgehead atoms. The number of hydrogen-bond acceptors (Lipinski definition) is 2. The molecule has 0 radical (unpaired) electrons. The van der Waals surface area contributed by atoms with Gasteiger partial charge in [-0.2, -0.15) is 0 Å². The molecule has 0 fully saturated rings. The van der Waals surface area contributed by atoms with Crippen molar-refractivity contribution in [2.45, 2.75) is 32.7 Å². The lowest BCUT2D eigenvalue weighted by Crippen LogP contribution is -2.31. The van der Waals surface area contributed by atoms with Gasteiger partial charge in [0.15, 0.2) is 0 Å². The average molecular weight is 234 g/mol. The van der Waals surface area contributed by atoms with Gasteiger partial charge in [-0.05, 0) is 44.1 Å². The maximum atomic E-state index is 3.45. The van der Waals surface area contributed by atoms with Crippen LogP contribution in [0.25, 0.3) is 0 Å². The number of nitrogens with one attached hydrogen (secondary N) is 2. The zero-order valence-electron chi connectivity index (χ0n) is 11.6. The van der Waals surface area contributed by atoms with Crippen LogP contribution in [0.3, 0.4) is 0 Å². The molecule has 2 heteroatoms. The molecular formula is C15H26N2. The summed E-state index contributed by atoms with van der Waals surface area (Å²) >= 11 is 0. The Balaban J connectivity index is 2.83. The molecule has 0 aromatic heterocycles. The van der Waals surface area contributed by atoms with Crippen molar-refractivity contribution in [2.24, 2.45) is 5.92 Å². The van der Waals surface area contributed by atoms with Gasteiger partial charge in [-0.15, -0.1) is 0 Å². The summed E-state index contributed by atoms with van der Waals surface area (Å²) in [7, 11) is 4.08. The van der Waals surface area contributed by atoms with Gasteiger partial charge in [0, 0.05) is 6.04 Å². The predicted molar refractivity (Wildman–Crippen MR) is 75.3 cm³/mol. The largest absolute Gasteiger partial charge is 0.319 e. The molecule has 0 amide bonds. The first kappa shape index (κ1) is 14.2. The Kier molecular flexibility index (Phi) is 6.23. The van der Waals surface area contributed by atoms with Crippen molar-refractivity contribution in [3.63, 3.8) is 0 Å². The summed E-state index contributed by atoms with van der Waals surface area (Å²) in [6, 6.07) is 9.45. The van der Waals surface area contributed by atoms with Crippen LogP contribution in [0.5, 0.6) is 0 Å². The molecule has 0 saturated heterocycles. The maximum Gasteiger partial charge on any atom is 0.0358 e. The van der Waals surface area contributed by atoms with E-state index in [1.807, 2.05) is 7.05 Å². The summed E-state index contributed by atoms with van der Waals surface area (Å²) in [6.07, 6.45) is 2.29. The van der Waals surface area contributed by atoms with Gasteiger partial charge in [0.1, 0.15) is 0 Å². The van der Waals surface area contributed by atoms with Gasteiger partial charge in [0.25, 0.3) is 0 Å². The second kappa shape index (κ2) is 7.46. The fraction of sp³-hybridized carbons (Fsp3) is 0.600. The van der Waals surface area contributed by atoms with E-state index in [1.54, 1.807) is 0 Å². The lowest BCUT2D eigenvalue weighted by molar-refractivity contribution is 0.359. The number of hydrogen-bond donors (Lipinski definition) is 2. The molecule has 96 valence electrons. The minimum atomic E-state index is 0.443. The Labute approximate surface area is 106 Å². The second-order valence-electron chi connectivity index (χ2n) is 4.59. The zero-order valence-corrected chi connectivity index (χ0v) is 11.6. The summed E-state index contributed by atoms with van der Waals surface area (Å²) < 4.78 is 0. The van der Waals surface area contributed by atoms with Crippen LogP contribution in [-0.2, 0) is 6.42 Å². The van der Waals surface area contributed by atoms with E-state index in [9.17, 15) is 0 Å². The number of rotatable bonds is 7. The van der Waals surface area contributed by atoms with Crippen LogP contribution in [-0.4, -0.2) is 20.6 Å². The van der Waals surface area contributed by atoms with Crippen molar-refractivity contribution in [2.75, 3.05) is 20.6 Å². The molecular weight excluding hydrogens is 208 g/mol. The second-order valence-corrected chi connectivity index (χ2v) is 4.59. The van der Waals surface area contributed by atoms with Gasteiger partial charge in [0.05, 0.1) is 0 Å². The lowest BCUT2D eigenvalue weighted by Gasteiger charge is -2.26. The topological polar surface area (TPSA) is 24.1 Å². The monoisotopic (exact) mass is 234 g/mol. The minimum absolute atomic E-state index is 0.443. The molecule has 0 aliphatic rings. The van der Waals surface area contributed by atoms with Crippen molar-refractivity contribution < 1.29 is 0 Å². The summed E-state index contributed by atoms with van der Waals surface area (Å²) in [5.74, 6) is 0.637. The van der Waals surface area contributed by atoms with Crippen LogP contribution in [0, 0.1) is 5.92 Å². The van der Waals surface area contributed by atoms with Crippen LogP contribution in [0.2, 0.25) is 0 Å². The van der Waals surface area contributed by atoms with Gasteiger partial charge >= 0.3 is 0 Å². The smallest absolute Gasteiger partial charge is 0.0358 e. The Morgan fingerprint density at radius 2 is 1.71 bits per heavy atom. The molecule has 0 spiro atoms. The van der Waals surface area contributed by atoms with E-state index in [2.05, 4.69) is 55.8 Å². The Morgan fingerprint density at radius 1 is 1.06 bits per heavy atom. The maximum absolute atomic E-state index is 3.45. The first-order valence-electron chi connectivity index (χ1n) is 6.67. The van der Waals surface area contributed by atoms with E-state index in [0.29, 0.717) is 12.0 Å². The van der Waals surface area contributed by atoms with Gasteiger partial charge < -0.3 is 10.6 Å². The van der Waals surface area contributed by atoms with Crippen molar-refractivity contribution in [1.82, 2.24) is 10.6 Å². The molecule has 0 aliphatic carbocycles. The van der Waals surface area contributed by atoms with Gasteiger partial charge in [0.2, 0.25) is 0 Å². The zero-order chi connectivity index (χ0) is 12.7. The minimum Gasteiger partial charge on any atom is -0.319 e. The first-order valence-corrected chi connectivity index (χ1v) is 6.67. The van der Waals surface area contributed by atoms with Gasteiger partial charge in [-0.25, -0.2) is 0 Å². The number of aryl methyl sites for hydroxylation is 1. The van der Waals surface area contributed by atoms with Crippen molar-refractivity contribution in [1.29, 1.82) is 0 Å². The molecule has 0 saturated carbocycles. The molecule has 0 heterocycles. The summed E-state index contributed by atoms with van der Waals surface area (Å²) in [6.45, 7) is 5.50. The van der Waals surface area contributed by atoms with E-state index in [0.717, 1.165) is 13.0 Å². The molecule has 1 aromatic carbocycles. The van der Waals surface area contributed by atoms with E-state index in [4.69, 9.17) is 0 Å². The van der Waals surface area contributed by atoms with Crippen LogP contribution in [0.4, 0.5) is 0 Å². The third-order valence-electron chi connectivity index (χ3n) is 3.52. The van der Waals surface area contributed by atoms with Crippen molar-refractivity contribution in [3.8, 4) is 0 Å². The highest BCUT2D eigenvalue weighted by atomic mass is 14.9. The highest BCUT2D eigenvalue weighted by Gasteiger charge is 2.19. The SMILES string of the molecule is CCc1ccc(C(NC)C(CC)CNC)cc1. The van der Waals surface area contributed by atoms with E-state index < -0.39 is 0 Å². The Morgan fingerprint density at radius 3 is 2.12 bits per heavy atom. The molecule has 0 aliphatic heterocycles. The summed E-state index contributed by atoms with van der Waals surface area (Å²) in [5.41, 5.74) is 2.80. The standard InChI is InChI=1S/C15H26N2/c1-5-12-7-9-14(10-8-12)15(17-4)13(6-2)11-16-3/h7-10,13,15-17H,5-6,11H2,1-4H3. The van der Waals surface area contributed by atoms with E-state index in [1.165, 1.54) is 17.5 Å². The Hall–Kier alpha value is -0.860. The van der Waals surface area contributed by atoms with Crippen molar-refractivity contribution >= 4 is 0 Å². The Bertz CT molecular complexity index is 305. The molecule has 17 heavy (non-hydrogen) atoms. The quantitative estimate of drug-likeness (QED) is 0.758. The fourth-order valence-corrected chi connectivity index (χ4v) is 2.40. The van der Waals surface area contributed by atoms with Crippen LogP contribution in [0.15, 0.2) is 24.3 Å². The van der Waals surface area contributed by atoms with Crippen LogP contribution < -0.4 is 10.6 Å². The van der Waals surface area contributed by atoms with Crippen molar-refractivity contribution in [3.05, 3.63) is 35.4 Å². The molecule has 1 rings (SSSR count). The molecule has 2 unspecified atom stereocenters. The van der Waals surface area contributed by atoms with Crippen LogP contribution >= 0.6 is 0 Å². The highest BCUT2D eigenvalue weighted by Crippen LogP contribution is 2.24. The van der Waals surface area contributed by atoms with Gasteiger partial charge in [-0.3, -0.25) is 0 Å². The average Bonchev–Trinajstić information content (AvgIpc) is 2.39. The number of benzene rings is 1. The highest BCUT2D eigenvalue weighted by molar-refractivity contribution is 5.25. The fourth-order valence-electron chi connectivity index (χ4n) is 2.40. The van der Waals surface area contributed by atoms with Crippen LogP contribution in [0.1, 0.15) is 37.4 Å². The van der Waals surface area contributed by atoms with E-state index >= 15 is 0 Å². The molecule has 2 nitrogen and oxygen atoms in total. The lowest BCUT2D eigenvalue weighted by atomic mass is 9.90. The van der Waals surface area contributed by atoms with E-state index in [-0.39, 0.29) is 0 Å². The summed E-state index contributed by atoms with van der Waals surface area (Å²) in [5, 5.41) is 6.74. The van der Waals surface area contributed by atoms with Gasteiger partial charge in [-0.1, -0.05) is 44.5 Å². The summed E-state index contributed by atoms with van der Waals surface area (Å²) in [4.78, 5) is 0. The third-order valence-corrected chi connectivity index (χ3v) is 3.52. The first-order chi connectivity index (χ1) is 8.26. The molecule has 2 N–H and O–H groups in total. The third kappa shape index (κ3) is 3.83.